The SMILES string of the molecule is C=CCN1C(=O)SC(=Cc2ccc(OC)c(C)c2OC)C1=O. The minimum atomic E-state index is -0.314. The van der Waals surface area contributed by atoms with Crippen molar-refractivity contribution in [3.8, 4) is 11.5 Å². The van der Waals surface area contributed by atoms with Crippen molar-refractivity contribution in [2.45, 2.75) is 6.92 Å². The first-order chi connectivity index (χ1) is 10.5. The van der Waals surface area contributed by atoms with Gasteiger partial charge in [0.15, 0.2) is 0 Å². The van der Waals surface area contributed by atoms with Crippen LogP contribution in [0.5, 0.6) is 11.5 Å². The summed E-state index contributed by atoms with van der Waals surface area (Å²) in [6.07, 6.45) is 3.19. The van der Waals surface area contributed by atoms with Crippen molar-refractivity contribution in [3.05, 3.63) is 40.8 Å². The summed E-state index contributed by atoms with van der Waals surface area (Å²) in [6.45, 7) is 5.63. The van der Waals surface area contributed by atoms with Crippen molar-refractivity contribution < 1.29 is 19.1 Å². The molecule has 116 valence electrons. The van der Waals surface area contributed by atoms with Crippen LogP contribution in [0.3, 0.4) is 0 Å². The van der Waals surface area contributed by atoms with Crippen LogP contribution in [0.25, 0.3) is 6.08 Å². The fraction of sp³-hybridized carbons (Fsp3) is 0.250. The van der Waals surface area contributed by atoms with Crippen LogP contribution in [0.2, 0.25) is 0 Å². The molecule has 0 radical (unpaired) electrons. The van der Waals surface area contributed by atoms with Gasteiger partial charge < -0.3 is 9.47 Å². The standard InChI is InChI=1S/C16H17NO4S/c1-5-8-17-15(18)13(22-16(17)19)9-11-6-7-12(20-3)10(2)14(11)21-4/h5-7,9H,1,8H2,2-4H3. The molecule has 1 fully saturated rings. The minimum Gasteiger partial charge on any atom is -0.496 e. The molecular formula is C16H17NO4S. The highest BCUT2D eigenvalue weighted by atomic mass is 32.2. The summed E-state index contributed by atoms with van der Waals surface area (Å²) in [5.41, 5.74) is 1.56. The van der Waals surface area contributed by atoms with E-state index in [1.807, 2.05) is 6.92 Å². The Morgan fingerprint density at radius 1 is 1.27 bits per heavy atom. The van der Waals surface area contributed by atoms with E-state index >= 15 is 0 Å². The van der Waals surface area contributed by atoms with Gasteiger partial charge in [0, 0.05) is 17.7 Å². The first kappa shape index (κ1) is 16.2. The Kier molecular flexibility index (Phi) is 4.92. The second-order valence-electron chi connectivity index (χ2n) is 4.60. The second-order valence-corrected chi connectivity index (χ2v) is 5.59. The number of ether oxygens (including phenoxy) is 2. The Labute approximate surface area is 133 Å². The Hall–Kier alpha value is -2.21. The molecule has 5 nitrogen and oxygen atoms in total. The first-order valence-corrected chi connectivity index (χ1v) is 7.43. The summed E-state index contributed by atoms with van der Waals surface area (Å²) in [7, 11) is 3.14. The number of carbonyl (C=O) groups excluding carboxylic acids is 2. The summed E-state index contributed by atoms with van der Waals surface area (Å²) in [4.78, 5) is 25.6. The lowest BCUT2D eigenvalue weighted by molar-refractivity contribution is -0.122. The van der Waals surface area contributed by atoms with E-state index in [4.69, 9.17) is 9.47 Å². The number of benzene rings is 1. The Morgan fingerprint density at radius 2 is 2.00 bits per heavy atom. The molecule has 1 aromatic rings. The van der Waals surface area contributed by atoms with Gasteiger partial charge in [-0.3, -0.25) is 14.5 Å². The molecule has 2 amide bonds. The van der Waals surface area contributed by atoms with Crippen LogP contribution < -0.4 is 9.47 Å². The number of thioether (sulfide) groups is 1. The van der Waals surface area contributed by atoms with Gasteiger partial charge in [0.25, 0.3) is 11.1 Å². The molecule has 1 heterocycles. The Morgan fingerprint density at radius 3 is 2.59 bits per heavy atom. The van der Waals surface area contributed by atoms with Crippen molar-refractivity contribution in [3.63, 3.8) is 0 Å². The molecule has 6 heteroatoms. The van der Waals surface area contributed by atoms with E-state index in [0.717, 1.165) is 27.8 Å². The van der Waals surface area contributed by atoms with E-state index in [-0.39, 0.29) is 17.7 Å². The predicted molar refractivity (Wildman–Crippen MR) is 87.2 cm³/mol. The lowest BCUT2D eigenvalue weighted by Gasteiger charge is -2.12. The summed E-state index contributed by atoms with van der Waals surface area (Å²) in [6, 6.07) is 3.60. The zero-order valence-corrected chi connectivity index (χ0v) is 13.5. The maximum absolute atomic E-state index is 12.2. The largest absolute Gasteiger partial charge is 0.496 e. The maximum Gasteiger partial charge on any atom is 0.293 e. The Bertz CT molecular complexity index is 666. The average Bonchev–Trinajstić information content (AvgIpc) is 2.76. The molecule has 0 unspecified atom stereocenters. The van der Waals surface area contributed by atoms with Crippen LogP contribution in [-0.2, 0) is 4.79 Å². The highest BCUT2D eigenvalue weighted by molar-refractivity contribution is 8.18. The van der Waals surface area contributed by atoms with Gasteiger partial charge in [-0.1, -0.05) is 6.08 Å². The van der Waals surface area contributed by atoms with Gasteiger partial charge in [0.2, 0.25) is 0 Å². The molecular weight excluding hydrogens is 302 g/mol. The summed E-state index contributed by atoms with van der Waals surface area (Å²) >= 11 is 0.916. The molecule has 0 spiro atoms. The van der Waals surface area contributed by atoms with Gasteiger partial charge in [-0.25, -0.2) is 0 Å². The second kappa shape index (κ2) is 6.70. The van der Waals surface area contributed by atoms with Gasteiger partial charge in [0.05, 0.1) is 19.1 Å². The van der Waals surface area contributed by atoms with E-state index in [9.17, 15) is 9.59 Å². The van der Waals surface area contributed by atoms with Crippen LogP contribution >= 0.6 is 11.8 Å². The Balaban J connectivity index is 2.42. The van der Waals surface area contributed by atoms with E-state index in [0.29, 0.717) is 16.4 Å². The van der Waals surface area contributed by atoms with Crippen LogP contribution in [0.4, 0.5) is 4.79 Å². The van der Waals surface area contributed by atoms with Crippen molar-refractivity contribution in [2.24, 2.45) is 0 Å². The zero-order valence-electron chi connectivity index (χ0n) is 12.7. The molecule has 1 aromatic carbocycles. The normalized spacial score (nSPS) is 16.3. The molecule has 22 heavy (non-hydrogen) atoms. The number of nitrogens with zero attached hydrogens (tertiary/aromatic N) is 1. The molecule has 0 atom stereocenters. The zero-order chi connectivity index (χ0) is 16.3. The highest BCUT2D eigenvalue weighted by Gasteiger charge is 2.34. The summed E-state index contributed by atoms with van der Waals surface area (Å²) in [5, 5.41) is -0.291. The van der Waals surface area contributed by atoms with Gasteiger partial charge in [-0.15, -0.1) is 6.58 Å². The molecule has 1 aliphatic rings. The third kappa shape index (κ3) is 2.87. The van der Waals surface area contributed by atoms with Gasteiger partial charge in [0.1, 0.15) is 11.5 Å². The number of hydrogen-bond donors (Lipinski definition) is 0. The first-order valence-electron chi connectivity index (χ1n) is 6.61. The minimum absolute atomic E-state index is 0.209. The predicted octanol–water partition coefficient (Wildman–Crippen LogP) is 3.23. The van der Waals surface area contributed by atoms with E-state index in [1.165, 1.54) is 6.08 Å². The fourth-order valence-corrected chi connectivity index (χ4v) is 3.07. The molecule has 0 bridgehead atoms. The highest BCUT2D eigenvalue weighted by Crippen LogP contribution is 2.37. The van der Waals surface area contributed by atoms with Crippen molar-refractivity contribution in [2.75, 3.05) is 20.8 Å². The molecule has 1 aliphatic heterocycles. The molecule has 0 aromatic heterocycles. The smallest absolute Gasteiger partial charge is 0.293 e. The van der Waals surface area contributed by atoms with Crippen LogP contribution in [-0.4, -0.2) is 36.8 Å². The number of imide groups is 1. The molecule has 1 saturated heterocycles. The number of hydrogen-bond acceptors (Lipinski definition) is 5. The van der Waals surface area contributed by atoms with Crippen LogP contribution in [0, 0.1) is 6.92 Å². The van der Waals surface area contributed by atoms with Gasteiger partial charge in [-0.2, -0.15) is 0 Å². The lowest BCUT2D eigenvalue weighted by Crippen LogP contribution is -2.27. The lowest BCUT2D eigenvalue weighted by atomic mass is 10.1. The van der Waals surface area contributed by atoms with E-state index < -0.39 is 0 Å². The average molecular weight is 319 g/mol. The number of carbonyl (C=O) groups is 2. The number of rotatable bonds is 5. The molecule has 0 aliphatic carbocycles. The van der Waals surface area contributed by atoms with Crippen LogP contribution in [0.1, 0.15) is 11.1 Å². The van der Waals surface area contributed by atoms with Crippen molar-refractivity contribution in [1.82, 2.24) is 4.90 Å². The van der Waals surface area contributed by atoms with Crippen molar-refractivity contribution in [1.29, 1.82) is 0 Å². The quantitative estimate of drug-likeness (QED) is 0.616. The van der Waals surface area contributed by atoms with E-state index in [2.05, 4.69) is 6.58 Å². The molecule has 0 saturated carbocycles. The van der Waals surface area contributed by atoms with E-state index in [1.54, 1.807) is 32.4 Å². The maximum atomic E-state index is 12.2. The number of amides is 2. The van der Waals surface area contributed by atoms with Crippen LogP contribution in [0.15, 0.2) is 29.7 Å². The summed E-state index contributed by atoms with van der Waals surface area (Å²) in [5.74, 6) is 1.01. The van der Waals surface area contributed by atoms with Gasteiger partial charge >= 0.3 is 0 Å². The monoisotopic (exact) mass is 319 g/mol. The fourth-order valence-electron chi connectivity index (χ4n) is 2.23. The third-order valence-electron chi connectivity index (χ3n) is 3.28. The van der Waals surface area contributed by atoms with Gasteiger partial charge in [-0.05, 0) is 36.9 Å². The topological polar surface area (TPSA) is 55.8 Å². The molecule has 0 N–H and O–H groups in total. The third-order valence-corrected chi connectivity index (χ3v) is 4.19. The number of methoxy groups -OCH3 is 2. The summed E-state index contributed by atoms with van der Waals surface area (Å²) < 4.78 is 10.7. The van der Waals surface area contributed by atoms with Crippen molar-refractivity contribution >= 4 is 29.0 Å². The molecule has 2 rings (SSSR count).